The van der Waals surface area contributed by atoms with Crippen molar-refractivity contribution in [2.24, 2.45) is 10.2 Å². The Balaban J connectivity index is 1.19. The van der Waals surface area contributed by atoms with Crippen LogP contribution in [0.5, 0.6) is 0 Å². The number of fused-ring (bicyclic) bond motifs is 5. The molecule has 2 aromatic carbocycles. The lowest BCUT2D eigenvalue weighted by atomic mass is 9.85. The van der Waals surface area contributed by atoms with Crippen LogP contribution in [-0.4, -0.2) is 47.4 Å². The van der Waals surface area contributed by atoms with Crippen molar-refractivity contribution >= 4 is 18.0 Å². The summed E-state index contributed by atoms with van der Waals surface area (Å²) < 4.78 is 5.42. The molecule has 2 bridgehead atoms. The molecule has 176 valence electrons. The van der Waals surface area contributed by atoms with Gasteiger partial charge in [-0.25, -0.2) is 9.59 Å². The molecule has 2 aliphatic heterocycles. The van der Waals surface area contributed by atoms with E-state index in [9.17, 15) is 19.5 Å². The molecule has 1 fully saturated rings. The van der Waals surface area contributed by atoms with Gasteiger partial charge in [0.1, 0.15) is 12.6 Å². The van der Waals surface area contributed by atoms with E-state index in [0.29, 0.717) is 12.8 Å². The molecule has 6 rings (SSSR count). The Morgan fingerprint density at radius 1 is 1.03 bits per heavy atom. The van der Waals surface area contributed by atoms with Gasteiger partial charge in [-0.2, -0.15) is 10.2 Å². The van der Waals surface area contributed by atoms with Gasteiger partial charge in [0.15, 0.2) is 5.66 Å². The van der Waals surface area contributed by atoms with Gasteiger partial charge in [0.2, 0.25) is 5.91 Å². The monoisotopic (exact) mass is 462 g/mol. The number of nitrogens with one attached hydrogen (secondary N) is 2. The number of azo groups is 1. The highest BCUT2D eigenvalue weighted by molar-refractivity contribution is 5.87. The van der Waals surface area contributed by atoms with E-state index in [-0.39, 0.29) is 18.6 Å². The summed E-state index contributed by atoms with van der Waals surface area (Å²) in [7, 11) is 0. The third-order valence-corrected chi connectivity index (χ3v) is 6.89. The van der Waals surface area contributed by atoms with E-state index in [4.69, 9.17) is 4.74 Å². The van der Waals surface area contributed by atoms with Crippen molar-refractivity contribution in [2.45, 2.75) is 55.8 Å². The number of benzene rings is 2. The average Bonchev–Trinajstić information content (AvgIpc) is 3.17. The van der Waals surface area contributed by atoms with Crippen LogP contribution in [0.1, 0.15) is 49.1 Å². The summed E-state index contributed by atoms with van der Waals surface area (Å²) in [6.45, 7) is 0.0586. The Hall–Kier alpha value is -3.75. The summed E-state index contributed by atoms with van der Waals surface area (Å²) in [6, 6.07) is 14.7. The van der Waals surface area contributed by atoms with Crippen LogP contribution in [0, 0.1) is 0 Å². The molecule has 2 aliphatic carbocycles. The Labute approximate surface area is 196 Å². The predicted molar refractivity (Wildman–Crippen MR) is 122 cm³/mol. The van der Waals surface area contributed by atoms with Crippen LogP contribution in [0.25, 0.3) is 11.1 Å². The van der Waals surface area contributed by atoms with E-state index in [2.05, 4.69) is 20.9 Å². The molecule has 9 nitrogen and oxygen atoms in total. The summed E-state index contributed by atoms with van der Waals surface area (Å²) in [6.07, 6.45) is 1.78. The average molecular weight is 463 g/mol. The van der Waals surface area contributed by atoms with Crippen molar-refractivity contribution in [2.75, 3.05) is 6.61 Å². The number of nitrogens with zero attached hydrogens (tertiary/aromatic N) is 2. The van der Waals surface area contributed by atoms with Crippen LogP contribution in [0.15, 0.2) is 58.8 Å². The highest BCUT2D eigenvalue weighted by Gasteiger charge is 2.41. The Morgan fingerprint density at radius 2 is 1.65 bits per heavy atom. The zero-order chi connectivity index (χ0) is 23.7. The molecule has 0 spiro atoms. The number of alkyl carbamates (subject to hydrolysis) is 1. The number of amides is 2. The van der Waals surface area contributed by atoms with Crippen LogP contribution >= 0.6 is 0 Å². The first-order chi connectivity index (χ1) is 16.4. The molecule has 2 aromatic rings. The van der Waals surface area contributed by atoms with Gasteiger partial charge >= 0.3 is 12.1 Å². The first kappa shape index (κ1) is 22.1. The first-order valence-corrected chi connectivity index (χ1v) is 11.5. The lowest BCUT2D eigenvalue weighted by Crippen LogP contribution is -2.54. The second-order valence-electron chi connectivity index (χ2n) is 9.09. The minimum Gasteiger partial charge on any atom is -0.480 e. The fourth-order valence-electron chi connectivity index (χ4n) is 5.12. The van der Waals surface area contributed by atoms with Crippen molar-refractivity contribution in [3.05, 3.63) is 59.7 Å². The quantitative estimate of drug-likeness (QED) is 0.579. The van der Waals surface area contributed by atoms with Crippen molar-refractivity contribution < 1.29 is 24.2 Å². The highest BCUT2D eigenvalue weighted by Crippen LogP contribution is 2.44. The van der Waals surface area contributed by atoms with Gasteiger partial charge in [0.05, 0.1) is 12.5 Å². The van der Waals surface area contributed by atoms with Gasteiger partial charge in [-0.1, -0.05) is 48.5 Å². The second kappa shape index (κ2) is 8.89. The molecule has 34 heavy (non-hydrogen) atoms. The van der Waals surface area contributed by atoms with Gasteiger partial charge < -0.3 is 20.5 Å². The van der Waals surface area contributed by atoms with Crippen molar-refractivity contribution in [1.82, 2.24) is 10.6 Å². The van der Waals surface area contributed by atoms with Crippen LogP contribution < -0.4 is 10.6 Å². The van der Waals surface area contributed by atoms with Gasteiger partial charge in [-0.3, -0.25) is 4.79 Å². The molecule has 0 saturated heterocycles. The minimum atomic E-state index is -1.41. The molecular weight excluding hydrogens is 436 g/mol. The van der Waals surface area contributed by atoms with E-state index in [1.807, 2.05) is 48.5 Å². The van der Waals surface area contributed by atoms with Gasteiger partial charge in [-0.05, 0) is 47.9 Å². The molecule has 4 aliphatic rings. The van der Waals surface area contributed by atoms with E-state index in [1.54, 1.807) is 0 Å². The number of carboxylic acids is 1. The van der Waals surface area contributed by atoms with E-state index in [1.165, 1.54) is 0 Å². The predicted octanol–water partition coefficient (Wildman–Crippen LogP) is 3.59. The zero-order valence-corrected chi connectivity index (χ0v) is 18.6. The smallest absolute Gasteiger partial charge is 0.407 e. The first-order valence-electron chi connectivity index (χ1n) is 11.5. The standard InChI is InChI=1S/C25H26N4O5/c30-22(27-25-11-9-15(10-12-25)28-29-25)13-21(23(31)32)26-24(33)34-14-20-18-7-3-1-5-16(18)17-6-2-4-8-19(17)20/h1-8,15,20-21H,9-14H2,(H,26,33)(H,27,30)(H,31,32)/t15?,21-,25?/m0/s1. The number of aliphatic carboxylic acids is 1. The SMILES string of the molecule is O=C(C[C@H](NC(=O)OCC1c2ccccc2-c2ccccc21)C(=O)O)NC12CCC(CC1)N=N2. The number of ether oxygens (including phenoxy) is 1. The lowest BCUT2D eigenvalue weighted by molar-refractivity contribution is -0.141. The zero-order valence-electron chi connectivity index (χ0n) is 18.6. The molecule has 1 atom stereocenters. The molecule has 0 aromatic heterocycles. The Morgan fingerprint density at radius 3 is 2.21 bits per heavy atom. The maximum absolute atomic E-state index is 12.6. The topological polar surface area (TPSA) is 129 Å². The van der Waals surface area contributed by atoms with E-state index >= 15 is 0 Å². The third kappa shape index (κ3) is 4.25. The minimum absolute atomic E-state index is 0.0586. The number of carbonyl (C=O) groups is 3. The summed E-state index contributed by atoms with van der Waals surface area (Å²) in [5, 5.41) is 23.1. The summed E-state index contributed by atoms with van der Waals surface area (Å²) >= 11 is 0. The molecule has 2 amide bonds. The van der Waals surface area contributed by atoms with Crippen LogP contribution in [0.2, 0.25) is 0 Å². The molecule has 3 N–H and O–H groups in total. The van der Waals surface area contributed by atoms with Gasteiger partial charge in [0.25, 0.3) is 0 Å². The van der Waals surface area contributed by atoms with Crippen LogP contribution in [-0.2, 0) is 14.3 Å². The third-order valence-electron chi connectivity index (χ3n) is 6.89. The second-order valence-corrected chi connectivity index (χ2v) is 9.09. The number of hydrogen-bond acceptors (Lipinski definition) is 6. The number of carboxylic acid groups (broad SMARTS) is 1. The Bertz CT molecular complexity index is 1110. The maximum atomic E-state index is 12.6. The molecule has 0 unspecified atom stereocenters. The molecule has 2 heterocycles. The van der Waals surface area contributed by atoms with Crippen molar-refractivity contribution in [1.29, 1.82) is 0 Å². The van der Waals surface area contributed by atoms with Gasteiger partial charge in [0, 0.05) is 5.92 Å². The van der Waals surface area contributed by atoms with Crippen molar-refractivity contribution in [3.63, 3.8) is 0 Å². The Kier molecular flexibility index (Phi) is 5.77. The van der Waals surface area contributed by atoms with E-state index < -0.39 is 36.1 Å². The molecule has 1 saturated carbocycles. The molecular formula is C25H26N4O5. The molecule has 0 radical (unpaired) electrons. The maximum Gasteiger partial charge on any atom is 0.407 e. The fourth-order valence-corrected chi connectivity index (χ4v) is 5.12. The summed E-state index contributed by atoms with van der Waals surface area (Å²) in [4.78, 5) is 36.8. The largest absolute Gasteiger partial charge is 0.480 e. The van der Waals surface area contributed by atoms with Crippen molar-refractivity contribution in [3.8, 4) is 11.1 Å². The van der Waals surface area contributed by atoms with Gasteiger partial charge in [-0.15, -0.1) is 0 Å². The number of rotatable bonds is 7. The normalized spacial score (nSPS) is 23.0. The van der Waals surface area contributed by atoms with E-state index in [0.717, 1.165) is 35.1 Å². The van der Waals surface area contributed by atoms with Crippen LogP contribution in [0.3, 0.4) is 0 Å². The summed E-state index contributed by atoms with van der Waals surface area (Å²) in [5.41, 5.74) is 3.56. The number of carbonyl (C=O) groups excluding carboxylic acids is 2. The lowest BCUT2D eigenvalue weighted by Gasteiger charge is -2.39. The molecule has 9 heteroatoms. The number of hydrogen-bond donors (Lipinski definition) is 3. The van der Waals surface area contributed by atoms with Crippen LogP contribution in [0.4, 0.5) is 4.79 Å². The fraction of sp³-hybridized carbons (Fsp3) is 0.400. The summed E-state index contributed by atoms with van der Waals surface area (Å²) in [5.74, 6) is -1.95. The highest BCUT2D eigenvalue weighted by atomic mass is 16.5.